The van der Waals surface area contributed by atoms with E-state index in [9.17, 15) is 14.0 Å². The van der Waals surface area contributed by atoms with E-state index in [4.69, 9.17) is 4.74 Å². The van der Waals surface area contributed by atoms with Gasteiger partial charge in [-0.1, -0.05) is 78.4 Å². The molecule has 1 heterocycles. The number of thioether (sulfide) groups is 1. The van der Waals surface area contributed by atoms with E-state index < -0.39 is 0 Å². The predicted octanol–water partition coefficient (Wildman–Crippen LogP) is 7.10. The monoisotopic (exact) mass is 483 g/mol. The van der Waals surface area contributed by atoms with Gasteiger partial charge in [-0.3, -0.25) is 14.5 Å². The topological polar surface area (TPSA) is 46.6 Å². The van der Waals surface area contributed by atoms with Gasteiger partial charge in [-0.05, 0) is 53.2 Å². The number of benzene rings is 4. The summed E-state index contributed by atoms with van der Waals surface area (Å²) >= 11 is 0.917. The van der Waals surface area contributed by atoms with Gasteiger partial charge in [0.1, 0.15) is 18.2 Å². The second kappa shape index (κ2) is 9.76. The van der Waals surface area contributed by atoms with E-state index in [2.05, 4.69) is 0 Å². The number of fused-ring (bicyclic) bond motifs is 1. The van der Waals surface area contributed by atoms with Crippen molar-refractivity contribution in [3.05, 3.63) is 118 Å². The molecule has 1 fully saturated rings. The lowest BCUT2D eigenvalue weighted by atomic mass is 10.0. The third kappa shape index (κ3) is 4.84. The van der Waals surface area contributed by atoms with Crippen LogP contribution < -0.4 is 4.74 Å². The Balaban J connectivity index is 1.49. The van der Waals surface area contributed by atoms with Crippen molar-refractivity contribution < 1.29 is 18.7 Å². The molecule has 5 rings (SSSR count). The van der Waals surface area contributed by atoms with Crippen LogP contribution in [0.1, 0.15) is 22.3 Å². The van der Waals surface area contributed by atoms with E-state index in [-0.39, 0.29) is 30.1 Å². The van der Waals surface area contributed by atoms with Gasteiger partial charge >= 0.3 is 0 Å². The molecule has 4 aromatic rings. The highest BCUT2D eigenvalue weighted by molar-refractivity contribution is 8.18. The minimum Gasteiger partial charge on any atom is -0.488 e. The third-order valence-corrected chi connectivity index (χ3v) is 6.75. The van der Waals surface area contributed by atoms with Crippen LogP contribution in [-0.2, 0) is 17.9 Å². The van der Waals surface area contributed by atoms with Crippen LogP contribution in [0.3, 0.4) is 0 Å². The van der Waals surface area contributed by atoms with Crippen molar-refractivity contribution >= 4 is 39.8 Å². The first-order valence-corrected chi connectivity index (χ1v) is 12.0. The number of carbonyl (C=O) groups is 2. The Morgan fingerprint density at radius 3 is 2.57 bits per heavy atom. The van der Waals surface area contributed by atoms with Crippen LogP contribution in [0.25, 0.3) is 16.8 Å². The quantitative estimate of drug-likeness (QED) is 0.274. The van der Waals surface area contributed by atoms with E-state index in [1.165, 1.54) is 11.0 Å². The van der Waals surface area contributed by atoms with Crippen LogP contribution in [0.4, 0.5) is 9.18 Å². The van der Waals surface area contributed by atoms with Gasteiger partial charge in [-0.15, -0.1) is 0 Å². The lowest BCUT2D eigenvalue weighted by Crippen LogP contribution is -2.27. The lowest BCUT2D eigenvalue weighted by Gasteiger charge is -2.14. The Labute approximate surface area is 207 Å². The molecule has 0 atom stereocenters. The van der Waals surface area contributed by atoms with Crippen LogP contribution in [0.2, 0.25) is 0 Å². The van der Waals surface area contributed by atoms with Crippen molar-refractivity contribution in [2.75, 3.05) is 0 Å². The van der Waals surface area contributed by atoms with Gasteiger partial charge < -0.3 is 4.74 Å². The molecule has 35 heavy (non-hydrogen) atoms. The van der Waals surface area contributed by atoms with Gasteiger partial charge in [0.05, 0.1) is 11.4 Å². The molecule has 0 aromatic heterocycles. The van der Waals surface area contributed by atoms with E-state index in [1.54, 1.807) is 24.3 Å². The van der Waals surface area contributed by atoms with E-state index >= 15 is 0 Å². The summed E-state index contributed by atoms with van der Waals surface area (Å²) in [6.45, 7) is 2.23. The standard InChI is InChI=1S/C29H22FNO3S/c1-19-7-6-8-20(15-19)17-31-28(32)27(35-29(31)33)16-24-23-11-4-2-9-21(23)13-14-26(24)34-18-22-10-3-5-12-25(22)30/h2-16H,17-18H2,1H3/b27-16-. The second-order valence-corrected chi connectivity index (χ2v) is 9.33. The van der Waals surface area contributed by atoms with Crippen molar-refractivity contribution in [1.29, 1.82) is 0 Å². The molecular formula is C29H22FNO3S. The largest absolute Gasteiger partial charge is 0.488 e. The molecule has 0 saturated carbocycles. The summed E-state index contributed by atoms with van der Waals surface area (Å²) in [6.07, 6.45) is 1.71. The number of halogens is 1. The highest BCUT2D eigenvalue weighted by Crippen LogP contribution is 2.37. The summed E-state index contributed by atoms with van der Waals surface area (Å²) in [7, 11) is 0. The van der Waals surface area contributed by atoms with Crippen LogP contribution in [0.15, 0.2) is 89.8 Å². The smallest absolute Gasteiger partial charge is 0.293 e. The maximum atomic E-state index is 14.1. The van der Waals surface area contributed by atoms with Crippen molar-refractivity contribution in [2.24, 2.45) is 0 Å². The molecule has 0 aliphatic carbocycles. The maximum Gasteiger partial charge on any atom is 0.293 e. The first-order chi connectivity index (χ1) is 17.0. The molecule has 6 heteroatoms. The van der Waals surface area contributed by atoms with Crippen molar-refractivity contribution in [3.63, 3.8) is 0 Å². The first kappa shape index (κ1) is 22.9. The van der Waals surface area contributed by atoms with Gasteiger partial charge in [-0.25, -0.2) is 4.39 Å². The lowest BCUT2D eigenvalue weighted by molar-refractivity contribution is -0.123. The maximum absolute atomic E-state index is 14.1. The zero-order chi connectivity index (χ0) is 24.4. The Morgan fingerprint density at radius 2 is 1.74 bits per heavy atom. The van der Waals surface area contributed by atoms with Crippen LogP contribution in [0, 0.1) is 12.7 Å². The zero-order valence-electron chi connectivity index (χ0n) is 19.0. The normalized spacial score (nSPS) is 14.8. The summed E-state index contributed by atoms with van der Waals surface area (Å²) in [5.74, 6) is -0.168. The van der Waals surface area contributed by atoms with Crippen molar-refractivity contribution in [1.82, 2.24) is 4.90 Å². The molecule has 0 bridgehead atoms. The number of aryl methyl sites for hydroxylation is 1. The molecule has 4 aromatic carbocycles. The van der Waals surface area contributed by atoms with Crippen molar-refractivity contribution in [2.45, 2.75) is 20.1 Å². The molecule has 0 unspecified atom stereocenters. The molecule has 174 valence electrons. The number of rotatable bonds is 6. The fourth-order valence-corrected chi connectivity index (χ4v) is 4.90. The van der Waals surface area contributed by atoms with Crippen LogP contribution in [0.5, 0.6) is 5.75 Å². The molecule has 0 spiro atoms. The van der Waals surface area contributed by atoms with Gasteiger partial charge in [0.2, 0.25) is 0 Å². The molecular weight excluding hydrogens is 461 g/mol. The summed E-state index contributed by atoms with van der Waals surface area (Å²) in [6, 6.07) is 25.7. The summed E-state index contributed by atoms with van der Waals surface area (Å²) < 4.78 is 20.1. The number of amides is 2. The Kier molecular flexibility index (Phi) is 6.38. The molecule has 2 amide bonds. The Hall–Kier alpha value is -3.90. The van der Waals surface area contributed by atoms with Gasteiger partial charge in [-0.2, -0.15) is 0 Å². The average Bonchev–Trinajstić information content (AvgIpc) is 3.12. The molecule has 1 aliphatic rings. The minimum absolute atomic E-state index is 0.0424. The first-order valence-electron chi connectivity index (χ1n) is 11.2. The number of hydrogen-bond donors (Lipinski definition) is 0. The molecule has 1 saturated heterocycles. The van der Waals surface area contributed by atoms with Crippen molar-refractivity contribution in [3.8, 4) is 5.75 Å². The molecule has 4 nitrogen and oxygen atoms in total. The SMILES string of the molecule is Cc1cccc(CN2C(=O)S/C(=C\c3c(OCc4ccccc4F)ccc4ccccc34)C2=O)c1. The van der Waals surface area contributed by atoms with Gasteiger partial charge in [0.15, 0.2) is 0 Å². The average molecular weight is 484 g/mol. The zero-order valence-corrected chi connectivity index (χ0v) is 19.8. The van der Waals surface area contributed by atoms with Crippen LogP contribution >= 0.6 is 11.8 Å². The summed E-state index contributed by atoms with van der Waals surface area (Å²) in [4.78, 5) is 27.5. The Bertz CT molecular complexity index is 1480. The summed E-state index contributed by atoms with van der Waals surface area (Å²) in [5.41, 5.74) is 3.08. The number of carbonyl (C=O) groups excluding carboxylic acids is 2. The second-order valence-electron chi connectivity index (χ2n) is 8.34. The number of ether oxygens (including phenoxy) is 1. The highest BCUT2D eigenvalue weighted by Gasteiger charge is 2.35. The van der Waals surface area contributed by atoms with E-state index in [0.29, 0.717) is 21.8 Å². The minimum atomic E-state index is -0.341. The Morgan fingerprint density at radius 1 is 0.943 bits per heavy atom. The predicted molar refractivity (Wildman–Crippen MR) is 137 cm³/mol. The van der Waals surface area contributed by atoms with Gasteiger partial charge in [0, 0.05) is 11.1 Å². The highest BCUT2D eigenvalue weighted by atomic mass is 32.2. The van der Waals surface area contributed by atoms with E-state index in [0.717, 1.165) is 33.7 Å². The fraction of sp³-hybridized carbons (Fsp3) is 0.103. The number of imide groups is 1. The molecule has 0 N–H and O–H groups in total. The van der Waals surface area contributed by atoms with Crippen LogP contribution in [-0.4, -0.2) is 16.0 Å². The number of hydrogen-bond acceptors (Lipinski definition) is 4. The van der Waals surface area contributed by atoms with E-state index in [1.807, 2.05) is 67.6 Å². The van der Waals surface area contributed by atoms with Gasteiger partial charge in [0.25, 0.3) is 11.1 Å². The fourth-order valence-electron chi connectivity index (χ4n) is 4.08. The third-order valence-electron chi connectivity index (χ3n) is 5.84. The number of nitrogens with zero attached hydrogens (tertiary/aromatic N) is 1. The molecule has 1 aliphatic heterocycles. The molecule has 0 radical (unpaired) electrons. The summed E-state index contributed by atoms with van der Waals surface area (Å²) in [5, 5.41) is 1.54.